The number of carbonyl (C=O) groups excluding carboxylic acids is 4. The lowest BCUT2D eigenvalue weighted by molar-refractivity contribution is -0.161. The van der Waals surface area contributed by atoms with Crippen LogP contribution in [0.25, 0.3) is 0 Å². The van der Waals surface area contributed by atoms with Crippen molar-refractivity contribution >= 4 is 39.5 Å². The molecule has 0 fully saturated rings. The van der Waals surface area contributed by atoms with E-state index < -0.39 is 97.5 Å². The Balaban J connectivity index is 5.27. The first-order valence-corrected chi connectivity index (χ1v) is 44.5. The molecule has 0 aromatic rings. The van der Waals surface area contributed by atoms with Crippen molar-refractivity contribution < 1.29 is 80.2 Å². The molecule has 0 aromatic heterocycles. The predicted molar refractivity (Wildman–Crippen MR) is 405 cm³/mol. The van der Waals surface area contributed by atoms with E-state index in [-0.39, 0.29) is 25.7 Å². The molecule has 0 aliphatic carbocycles. The fourth-order valence-corrected chi connectivity index (χ4v) is 13.9. The molecule has 0 aliphatic rings. The van der Waals surface area contributed by atoms with Crippen LogP contribution in [0.2, 0.25) is 0 Å². The minimum atomic E-state index is -4.96. The van der Waals surface area contributed by atoms with Crippen LogP contribution in [0.15, 0.2) is 0 Å². The molecule has 3 N–H and O–H groups in total. The number of hydrogen-bond donors (Lipinski definition) is 3. The van der Waals surface area contributed by atoms with E-state index in [9.17, 15) is 43.2 Å². The minimum Gasteiger partial charge on any atom is -0.462 e. The quantitative estimate of drug-likeness (QED) is 0.0222. The molecule has 0 spiro atoms. The van der Waals surface area contributed by atoms with Gasteiger partial charge in [-0.15, -0.1) is 0 Å². The van der Waals surface area contributed by atoms with Crippen LogP contribution in [0, 0.1) is 11.8 Å². The van der Waals surface area contributed by atoms with Gasteiger partial charge < -0.3 is 33.8 Å². The van der Waals surface area contributed by atoms with E-state index in [4.69, 9.17) is 37.0 Å². The van der Waals surface area contributed by atoms with E-state index in [0.717, 1.165) is 102 Å². The number of aliphatic hydroxyl groups is 1. The lowest BCUT2D eigenvalue weighted by Gasteiger charge is -2.21. The number of ether oxygens (including phenoxy) is 4. The molecular weight excluding hydrogens is 1290 g/mol. The number of phosphoric ester groups is 2. The van der Waals surface area contributed by atoms with Gasteiger partial charge in [-0.05, 0) is 37.5 Å². The number of phosphoric acid groups is 2. The van der Waals surface area contributed by atoms with Gasteiger partial charge >= 0.3 is 39.5 Å². The molecule has 0 saturated carbocycles. The zero-order valence-corrected chi connectivity index (χ0v) is 66.6. The Hall–Kier alpha value is -1.94. The van der Waals surface area contributed by atoms with Crippen molar-refractivity contribution in [3.63, 3.8) is 0 Å². The Kier molecular flexibility index (Phi) is 70.3. The highest BCUT2D eigenvalue weighted by Gasteiger charge is 2.30. The van der Waals surface area contributed by atoms with Gasteiger partial charge in [-0.1, -0.05) is 369 Å². The average molecular weight is 1450 g/mol. The number of esters is 4. The fourth-order valence-electron chi connectivity index (χ4n) is 12.4. The summed E-state index contributed by atoms with van der Waals surface area (Å²) in [6, 6.07) is 0. The second kappa shape index (κ2) is 71.7. The van der Waals surface area contributed by atoms with Crippen molar-refractivity contribution in [2.24, 2.45) is 11.8 Å². The first-order chi connectivity index (χ1) is 47.9. The van der Waals surface area contributed by atoms with Crippen molar-refractivity contribution in [2.45, 2.75) is 439 Å². The summed E-state index contributed by atoms with van der Waals surface area (Å²) in [7, 11) is -9.92. The summed E-state index contributed by atoms with van der Waals surface area (Å²) < 4.78 is 68.7. The van der Waals surface area contributed by atoms with Crippen molar-refractivity contribution in [3.05, 3.63) is 0 Å². The van der Waals surface area contributed by atoms with Crippen LogP contribution in [0.1, 0.15) is 420 Å². The number of rotatable bonds is 79. The fraction of sp³-hybridized carbons (Fsp3) is 0.950. The molecule has 0 aromatic carbocycles. The molecule has 17 nitrogen and oxygen atoms in total. The van der Waals surface area contributed by atoms with E-state index in [1.165, 1.54) is 238 Å². The number of hydrogen-bond acceptors (Lipinski definition) is 15. The SMILES string of the molecule is CCCCCCCCCCCCCCCCCC(=O)OC[C@H](COP(=O)(O)OC[C@@H](O)COP(=O)(O)OC[C@@H](COC(=O)CCCCCCCCCCCCCCC)OC(=O)CCCCCCCCCCCCCC(C)C)OC(=O)CCCCCCCCCCCCCCCCC(C)C. The monoisotopic (exact) mass is 1450 g/mol. The molecule has 2 unspecified atom stereocenters. The van der Waals surface area contributed by atoms with E-state index in [1.807, 2.05) is 0 Å². The highest BCUT2D eigenvalue weighted by Crippen LogP contribution is 2.45. The normalized spacial score (nSPS) is 13.9. The molecule has 588 valence electrons. The van der Waals surface area contributed by atoms with Gasteiger partial charge in [0.05, 0.1) is 26.4 Å². The molecule has 0 amide bonds. The van der Waals surface area contributed by atoms with Gasteiger partial charge in [0.15, 0.2) is 12.2 Å². The average Bonchev–Trinajstić information content (AvgIpc) is 1.01. The molecule has 19 heteroatoms. The maximum absolute atomic E-state index is 13.1. The summed E-state index contributed by atoms with van der Waals surface area (Å²) >= 11 is 0. The first-order valence-electron chi connectivity index (χ1n) is 41.5. The summed E-state index contributed by atoms with van der Waals surface area (Å²) in [4.78, 5) is 73.0. The van der Waals surface area contributed by atoms with Gasteiger partial charge in [0.2, 0.25) is 0 Å². The summed E-state index contributed by atoms with van der Waals surface area (Å²) in [5, 5.41) is 10.6. The highest BCUT2D eigenvalue weighted by molar-refractivity contribution is 7.47. The molecule has 0 radical (unpaired) electrons. The summed E-state index contributed by atoms with van der Waals surface area (Å²) in [5.74, 6) is -0.546. The summed E-state index contributed by atoms with van der Waals surface area (Å²) in [5.41, 5.74) is 0. The van der Waals surface area contributed by atoms with Crippen LogP contribution in [-0.2, 0) is 65.4 Å². The van der Waals surface area contributed by atoms with E-state index in [2.05, 4.69) is 41.5 Å². The lowest BCUT2D eigenvalue weighted by atomic mass is 10.0. The standard InChI is InChI=1S/C80H156O17P2/c1-7-9-11-13-15-17-19-21-22-27-33-39-45-51-57-63-78(83)91-68-75(96-79(84)64-58-52-46-40-34-28-24-23-26-30-36-42-48-54-60-72(3)4)70-94-98(86,87)92-66-74(81)67-93-99(88,89)95-71-76(69-90-77(82)62-56-50-44-38-32-25-20-18-16-14-12-10-8-2)97-80(85)65-59-53-47-41-35-29-31-37-43-49-55-61-73(5)6/h72-76,81H,7-71H2,1-6H3,(H,86,87)(H,88,89)/t74-,75-,76-/m1/s1. The van der Waals surface area contributed by atoms with Crippen molar-refractivity contribution in [1.82, 2.24) is 0 Å². The van der Waals surface area contributed by atoms with Crippen LogP contribution in [0.4, 0.5) is 0 Å². The van der Waals surface area contributed by atoms with Crippen LogP contribution < -0.4 is 0 Å². The van der Waals surface area contributed by atoms with Gasteiger partial charge in [0.1, 0.15) is 19.3 Å². The molecule has 0 bridgehead atoms. The molecule has 0 aliphatic heterocycles. The van der Waals surface area contributed by atoms with Gasteiger partial charge in [0.25, 0.3) is 0 Å². The summed E-state index contributed by atoms with van der Waals surface area (Å²) in [6.07, 6.45) is 60.8. The van der Waals surface area contributed by atoms with Crippen LogP contribution >= 0.6 is 15.6 Å². The molecular formula is C80H156O17P2. The Morgan fingerprint density at radius 2 is 0.465 bits per heavy atom. The topological polar surface area (TPSA) is 237 Å². The number of unbranched alkanes of at least 4 members (excludes halogenated alkanes) is 49. The Labute approximate surface area is 607 Å². The largest absolute Gasteiger partial charge is 0.472 e. The van der Waals surface area contributed by atoms with Gasteiger partial charge in [-0.25, -0.2) is 9.13 Å². The zero-order chi connectivity index (χ0) is 72.8. The minimum absolute atomic E-state index is 0.107. The maximum Gasteiger partial charge on any atom is 0.472 e. The smallest absolute Gasteiger partial charge is 0.462 e. The van der Waals surface area contributed by atoms with Gasteiger partial charge in [-0.3, -0.25) is 37.3 Å². The van der Waals surface area contributed by atoms with Crippen molar-refractivity contribution in [2.75, 3.05) is 39.6 Å². The second-order valence-electron chi connectivity index (χ2n) is 29.8. The lowest BCUT2D eigenvalue weighted by Crippen LogP contribution is -2.30. The molecule has 0 rings (SSSR count). The third-order valence-corrected chi connectivity index (χ3v) is 20.6. The molecule has 0 saturated heterocycles. The summed E-state index contributed by atoms with van der Waals surface area (Å²) in [6.45, 7) is 9.66. The van der Waals surface area contributed by atoms with E-state index in [0.29, 0.717) is 25.7 Å². The van der Waals surface area contributed by atoms with Crippen LogP contribution in [0.3, 0.4) is 0 Å². The molecule has 99 heavy (non-hydrogen) atoms. The second-order valence-corrected chi connectivity index (χ2v) is 32.7. The van der Waals surface area contributed by atoms with Crippen molar-refractivity contribution in [1.29, 1.82) is 0 Å². The zero-order valence-electron chi connectivity index (χ0n) is 64.8. The third kappa shape index (κ3) is 74.1. The van der Waals surface area contributed by atoms with E-state index >= 15 is 0 Å². The third-order valence-electron chi connectivity index (χ3n) is 18.7. The molecule has 0 heterocycles. The molecule has 5 atom stereocenters. The highest BCUT2D eigenvalue weighted by atomic mass is 31.2. The Bertz CT molecular complexity index is 1910. The first kappa shape index (κ1) is 97.1. The maximum atomic E-state index is 13.1. The number of aliphatic hydroxyl groups excluding tert-OH is 1. The van der Waals surface area contributed by atoms with Gasteiger partial charge in [-0.2, -0.15) is 0 Å². The Morgan fingerprint density at radius 3 is 0.687 bits per heavy atom. The predicted octanol–water partition coefficient (Wildman–Crippen LogP) is 23.9. The number of carbonyl (C=O) groups is 4. The Morgan fingerprint density at radius 1 is 0.273 bits per heavy atom. The van der Waals surface area contributed by atoms with Gasteiger partial charge in [0, 0.05) is 25.7 Å². The van der Waals surface area contributed by atoms with Crippen molar-refractivity contribution in [3.8, 4) is 0 Å². The van der Waals surface area contributed by atoms with E-state index in [1.54, 1.807) is 0 Å². The van der Waals surface area contributed by atoms with Crippen LogP contribution in [-0.4, -0.2) is 96.7 Å². The van der Waals surface area contributed by atoms with Crippen LogP contribution in [0.5, 0.6) is 0 Å².